The van der Waals surface area contributed by atoms with Gasteiger partial charge in [-0.3, -0.25) is 4.79 Å². The fourth-order valence-electron chi connectivity index (χ4n) is 1.51. The molecule has 4 heteroatoms. The summed E-state index contributed by atoms with van der Waals surface area (Å²) in [7, 11) is 0. The number of carbonyl (C=O) groups excluding carboxylic acids is 2. The van der Waals surface area contributed by atoms with E-state index in [2.05, 4.69) is 6.58 Å². The average Bonchev–Trinajstić information content (AvgIpc) is 2.48. The molecule has 1 saturated heterocycles. The highest BCUT2D eigenvalue weighted by molar-refractivity contribution is 5.88. The van der Waals surface area contributed by atoms with Crippen LogP contribution in [0.25, 0.3) is 0 Å². The van der Waals surface area contributed by atoms with E-state index in [1.54, 1.807) is 0 Å². The maximum atomic E-state index is 11.6. The smallest absolute Gasteiger partial charge is 0.333 e. The van der Waals surface area contributed by atoms with Crippen LogP contribution in [-0.4, -0.2) is 24.6 Å². The number of carbonyl (C=O) groups is 2. The van der Waals surface area contributed by atoms with Crippen LogP contribution in [0.5, 0.6) is 0 Å². The molecule has 4 nitrogen and oxygen atoms in total. The molecule has 1 heterocycles. The van der Waals surface area contributed by atoms with Gasteiger partial charge in [0.15, 0.2) is 0 Å². The Labute approximate surface area is 95.6 Å². The van der Waals surface area contributed by atoms with Crippen LogP contribution in [0, 0.1) is 5.41 Å². The number of hydrogen-bond acceptors (Lipinski definition) is 4. The van der Waals surface area contributed by atoms with Gasteiger partial charge in [-0.15, -0.1) is 0 Å². The largest absolute Gasteiger partial charge is 0.462 e. The monoisotopic (exact) mass is 226 g/mol. The van der Waals surface area contributed by atoms with Gasteiger partial charge in [-0.1, -0.05) is 27.4 Å². The van der Waals surface area contributed by atoms with Crippen molar-refractivity contribution >= 4 is 11.9 Å². The van der Waals surface area contributed by atoms with Crippen molar-refractivity contribution in [2.24, 2.45) is 5.41 Å². The fourth-order valence-corrected chi connectivity index (χ4v) is 1.51. The van der Waals surface area contributed by atoms with Gasteiger partial charge in [0.2, 0.25) is 0 Å². The van der Waals surface area contributed by atoms with E-state index in [0.29, 0.717) is 12.0 Å². The standard InChI is InChI=1S/C12H18O4/c1-8(6-12(2,3)4)11(14)16-9-5-10(13)15-7-9/h9H,1,5-7H2,2-4H3. The first-order chi connectivity index (χ1) is 7.28. The Morgan fingerprint density at radius 3 is 2.62 bits per heavy atom. The minimum Gasteiger partial charge on any atom is -0.462 e. The molecule has 1 aliphatic heterocycles. The van der Waals surface area contributed by atoms with Crippen molar-refractivity contribution in [3.8, 4) is 0 Å². The van der Waals surface area contributed by atoms with E-state index < -0.39 is 12.1 Å². The summed E-state index contributed by atoms with van der Waals surface area (Å²) in [5, 5.41) is 0. The number of ether oxygens (including phenoxy) is 2. The molecule has 90 valence electrons. The molecule has 0 bridgehead atoms. The highest BCUT2D eigenvalue weighted by atomic mass is 16.6. The van der Waals surface area contributed by atoms with Crippen molar-refractivity contribution < 1.29 is 19.1 Å². The van der Waals surface area contributed by atoms with Gasteiger partial charge in [-0.05, 0) is 11.8 Å². The predicted octanol–water partition coefficient (Wildman–Crippen LogP) is 1.84. The van der Waals surface area contributed by atoms with E-state index >= 15 is 0 Å². The van der Waals surface area contributed by atoms with E-state index in [-0.39, 0.29) is 24.4 Å². The second-order valence-corrected chi connectivity index (χ2v) is 5.26. The lowest BCUT2D eigenvalue weighted by Gasteiger charge is -2.19. The van der Waals surface area contributed by atoms with E-state index in [9.17, 15) is 9.59 Å². The maximum Gasteiger partial charge on any atom is 0.333 e. The Morgan fingerprint density at radius 1 is 1.56 bits per heavy atom. The summed E-state index contributed by atoms with van der Waals surface area (Å²) in [4.78, 5) is 22.4. The summed E-state index contributed by atoms with van der Waals surface area (Å²) in [5.74, 6) is -0.752. The number of esters is 2. The summed E-state index contributed by atoms with van der Waals surface area (Å²) in [6.45, 7) is 9.93. The Balaban J connectivity index is 2.40. The van der Waals surface area contributed by atoms with Crippen LogP contribution in [0.2, 0.25) is 0 Å². The summed E-state index contributed by atoms with van der Waals surface area (Å²) in [6, 6.07) is 0. The predicted molar refractivity (Wildman–Crippen MR) is 58.7 cm³/mol. The molecule has 1 rings (SSSR count). The summed E-state index contributed by atoms with van der Waals surface area (Å²) >= 11 is 0. The van der Waals surface area contributed by atoms with Gasteiger partial charge < -0.3 is 9.47 Å². The molecule has 0 amide bonds. The van der Waals surface area contributed by atoms with Gasteiger partial charge in [0, 0.05) is 5.57 Å². The van der Waals surface area contributed by atoms with Crippen molar-refractivity contribution in [1.29, 1.82) is 0 Å². The van der Waals surface area contributed by atoms with E-state index in [4.69, 9.17) is 9.47 Å². The SMILES string of the molecule is C=C(CC(C)(C)C)C(=O)OC1COC(=O)C1. The number of hydrogen-bond donors (Lipinski definition) is 0. The summed E-state index contributed by atoms with van der Waals surface area (Å²) in [5.41, 5.74) is 0.435. The first-order valence-electron chi connectivity index (χ1n) is 5.32. The van der Waals surface area contributed by atoms with Gasteiger partial charge in [-0.25, -0.2) is 4.79 Å². The van der Waals surface area contributed by atoms with Crippen LogP contribution in [-0.2, 0) is 19.1 Å². The zero-order chi connectivity index (χ0) is 12.3. The maximum absolute atomic E-state index is 11.6. The molecule has 1 fully saturated rings. The van der Waals surface area contributed by atoms with Crippen molar-refractivity contribution in [2.45, 2.75) is 39.7 Å². The van der Waals surface area contributed by atoms with Gasteiger partial charge in [0.05, 0.1) is 6.42 Å². The number of rotatable bonds is 3. The minimum atomic E-state index is -0.447. The van der Waals surface area contributed by atoms with Crippen LogP contribution in [0.1, 0.15) is 33.6 Å². The minimum absolute atomic E-state index is 0.00189. The molecule has 16 heavy (non-hydrogen) atoms. The molecule has 0 N–H and O–H groups in total. The van der Waals surface area contributed by atoms with Gasteiger partial charge in [0.25, 0.3) is 0 Å². The zero-order valence-electron chi connectivity index (χ0n) is 10.0. The molecule has 0 aliphatic carbocycles. The lowest BCUT2D eigenvalue weighted by Crippen LogP contribution is -2.21. The normalized spacial score (nSPS) is 20.4. The molecule has 0 spiro atoms. The van der Waals surface area contributed by atoms with Crippen LogP contribution >= 0.6 is 0 Å². The van der Waals surface area contributed by atoms with E-state index in [0.717, 1.165) is 0 Å². The molecule has 1 aliphatic rings. The lowest BCUT2D eigenvalue weighted by molar-refractivity contribution is -0.144. The van der Waals surface area contributed by atoms with Crippen molar-refractivity contribution in [3.05, 3.63) is 12.2 Å². The first kappa shape index (κ1) is 12.7. The summed E-state index contributed by atoms with van der Waals surface area (Å²) < 4.78 is 9.81. The highest BCUT2D eigenvalue weighted by Crippen LogP contribution is 2.24. The van der Waals surface area contributed by atoms with E-state index in [1.165, 1.54) is 0 Å². The fraction of sp³-hybridized carbons (Fsp3) is 0.667. The third kappa shape index (κ3) is 4.04. The van der Waals surface area contributed by atoms with Gasteiger partial charge in [-0.2, -0.15) is 0 Å². The van der Waals surface area contributed by atoms with Crippen LogP contribution < -0.4 is 0 Å². The van der Waals surface area contributed by atoms with Gasteiger partial charge in [0.1, 0.15) is 12.7 Å². The molecular formula is C12H18O4. The van der Waals surface area contributed by atoms with Crippen LogP contribution in [0.15, 0.2) is 12.2 Å². The van der Waals surface area contributed by atoms with Crippen LogP contribution in [0.4, 0.5) is 0 Å². The van der Waals surface area contributed by atoms with Crippen LogP contribution in [0.3, 0.4) is 0 Å². The topological polar surface area (TPSA) is 52.6 Å². The Bertz CT molecular complexity index is 311. The molecule has 0 aromatic carbocycles. The lowest BCUT2D eigenvalue weighted by atomic mass is 9.88. The molecule has 1 atom stereocenters. The summed E-state index contributed by atoms with van der Waals surface area (Å²) in [6.07, 6.45) is 0.277. The van der Waals surface area contributed by atoms with Crippen molar-refractivity contribution in [1.82, 2.24) is 0 Å². The molecular weight excluding hydrogens is 208 g/mol. The Hall–Kier alpha value is -1.32. The molecule has 0 radical (unpaired) electrons. The molecule has 0 aromatic rings. The second-order valence-electron chi connectivity index (χ2n) is 5.26. The van der Waals surface area contributed by atoms with Crippen molar-refractivity contribution in [2.75, 3.05) is 6.61 Å². The quantitative estimate of drug-likeness (QED) is 0.544. The molecule has 0 aromatic heterocycles. The third-order valence-electron chi connectivity index (χ3n) is 2.13. The zero-order valence-corrected chi connectivity index (χ0v) is 10.0. The second kappa shape index (κ2) is 4.68. The highest BCUT2D eigenvalue weighted by Gasteiger charge is 2.28. The Kier molecular flexibility index (Phi) is 3.73. The first-order valence-corrected chi connectivity index (χ1v) is 5.32. The van der Waals surface area contributed by atoms with E-state index in [1.807, 2.05) is 20.8 Å². The van der Waals surface area contributed by atoms with Gasteiger partial charge >= 0.3 is 11.9 Å². The van der Waals surface area contributed by atoms with Crippen molar-refractivity contribution in [3.63, 3.8) is 0 Å². The average molecular weight is 226 g/mol. The number of cyclic esters (lactones) is 1. The molecule has 0 saturated carbocycles. The Morgan fingerprint density at radius 2 is 2.19 bits per heavy atom. The molecule has 1 unspecified atom stereocenters. The third-order valence-corrected chi connectivity index (χ3v) is 2.13.